The van der Waals surface area contributed by atoms with E-state index in [1.165, 1.54) is 12.2 Å². The van der Waals surface area contributed by atoms with Gasteiger partial charge in [0.25, 0.3) is 0 Å². The fraction of sp³-hybridized carbons (Fsp3) is 0.143. The second kappa shape index (κ2) is 7.71. The summed E-state index contributed by atoms with van der Waals surface area (Å²) < 4.78 is 10.0. The molecule has 0 unspecified atom stereocenters. The molecule has 0 amide bonds. The minimum absolute atomic E-state index is 0.128. The Hall–Kier alpha value is -2.56. The maximum Gasteiger partial charge on any atom is 0.331 e. The second-order valence-corrected chi connectivity index (χ2v) is 3.52. The van der Waals surface area contributed by atoms with E-state index in [0.29, 0.717) is 5.75 Å². The Bertz CT molecular complexity index is 502. The predicted molar refractivity (Wildman–Crippen MR) is 68.7 cm³/mol. The van der Waals surface area contributed by atoms with Crippen molar-refractivity contribution in [3.8, 4) is 5.75 Å². The van der Waals surface area contributed by atoms with E-state index >= 15 is 0 Å². The van der Waals surface area contributed by atoms with Crippen molar-refractivity contribution >= 4 is 11.9 Å². The molecule has 0 fully saturated rings. The Morgan fingerprint density at radius 1 is 1.26 bits per heavy atom. The van der Waals surface area contributed by atoms with E-state index in [4.69, 9.17) is 14.6 Å². The molecule has 0 spiro atoms. The Labute approximate surface area is 110 Å². The van der Waals surface area contributed by atoms with Crippen LogP contribution in [0.25, 0.3) is 0 Å². The number of methoxy groups -OCH3 is 1. The standard InChI is InChI=1S/C14H14O5/c1-18-12-6-4-5-11(9-12)10-19-14(17)8-3-2-7-13(15)16/h2-9H,10H2,1H3,(H,15,16)/b7-2+,8-3+. The lowest BCUT2D eigenvalue weighted by atomic mass is 10.2. The summed E-state index contributed by atoms with van der Waals surface area (Å²) in [6.07, 6.45) is 4.63. The molecule has 5 nitrogen and oxygen atoms in total. The lowest BCUT2D eigenvalue weighted by molar-refractivity contribution is -0.139. The van der Waals surface area contributed by atoms with Crippen molar-refractivity contribution in [1.29, 1.82) is 0 Å². The molecule has 19 heavy (non-hydrogen) atoms. The molecular weight excluding hydrogens is 248 g/mol. The molecular formula is C14H14O5. The number of carboxylic acids is 1. The Kier molecular flexibility index (Phi) is 5.88. The lowest BCUT2D eigenvalue weighted by Gasteiger charge is -2.04. The molecule has 1 N–H and O–H groups in total. The molecule has 100 valence electrons. The fourth-order valence-corrected chi connectivity index (χ4v) is 1.24. The summed E-state index contributed by atoms with van der Waals surface area (Å²) in [5, 5.41) is 8.33. The van der Waals surface area contributed by atoms with E-state index in [-0.39, 0.29) is 6.61 Å². The van der Waals surface area contributed by atoms with Gasteiger partial charge in [-0.05, 0) is 17.7 Å². The minimum Gasteiger partial charge on any atom is -0.497 e. The van der Waals surface area contributed by atoms with Crippen LogP contribution < -0.4 is 4.74 Å². The normalized spacial score (nSPS) is 10.8. The average molecular weight is 262 g/mol. The number of esters is 1. The van der Waals surface area contributed by atoms with Crippen molar-refractivity contribution in [2.24, 2.45) is 0 Å². The third-order valence-corrected chi connectivity index (χ3v) is 2.10. The monoisotopic (exact) mass is 262 g/mol. The largest absolute Gasteiger partial charge is 0.497 e. The van der Waals surface area contributed by atoms with Crippen molar-refractivity contribution < 1.29 is 24.2 Å². The number of hydrogen-bond donors (Lipinski definition) is 1. The SMILES string of the molecule is COc1cccc(COC(=O)/C=C/C=C/C(=O)O)c1. The number of carbonyl (C=O) groups excluding carboxylic acids is 1. The van der Waals surface area contributed by atoms with Crippen molar-refractivity contribution in [2.45, 2.75) is 6.61 Å². The second-order valence-electron chi connectivity index (χ2n) is 3.52. The van der Waals surface area contributed by atoms with Crippen molar-refractivity contribution in [1.82, 2.24) is 0 Å². The summed E-state index contributed by atoms with van der Waals surface area (Å²) in [5.74, 6) is -0.930. The van der Waals surface area contributed by atoms with Crippen LogP contribution in [0.5, 0.6) is 5.75 Å². The van der Waals surface area contributed by atoms with Crippen LogP contribution >= 0.6 is 0 Å². The van der Waals surface area contributed by atoms with Crippen LogP contribution in [-0.4, -0.2) is 24.2 Å². The van der Waals surface area contributed by atoms with E-state index in [2.05, 4.69) is 0 Å². The van der Waals surface area contributed by atoms with Gasteiger partial charge in [0.15, 0.2) is 0 Å². The number of benzene rings is 1. The zero-order valence-corrected chi connectivity index (χ0v) is 10.4. The highest BCUT2D eigenvalue weighted by atomic mass is 16.5. The van der Waals surface area contributed by atoms with Gasteiger partial charge < -0.3 is 14.6 Å². The number of aliphatic carboxylic acids is 1. The van der Waals surface area contributed by atoms with Crippen LogP contribution in [0, 0.1) is 0 Å². The van der Waals surface area contributed by atoms with Gasteiger partial charge in [0.05, 0.1) is 7.11 Å². The Morgan fingerprint density at radius 2 is 2.00 bits per heavy atom. The molecule has 5 heteroatoms. The van der Waals surface area contributed by atoms with Gasteiger partial charge >= 0.3 is 11.9 Å². The van der Waals surface area contributed by atoms with E-state index in [1.807, 2.05) is 6.07 Å². The summed E-state index contributed by atoms with van der Waals surface area (Å²) in [6.45, 7) is 0.128. The van der Waals surface area contributed by atoms with Crippen LogP contribution in [0.15, 0.2) is 48.6 Å². The maximum atomic E-state index is 11.3. The van der Waals surface area contributed by atoms with Gasteiger partial charge in [0.2, 0.25) is 0 Å². The smallest absolute Gasteiger partial charge is 0.331 e. The molecule has 0 aliphatic carbocycles. The molecule has 1 aromatic carbocycles. The first-order chi connectivity index (χ1) is 9.11. The molecule has 0 aliphatic rings. The summed E-state index contributed by atoms with van der Waals surface area (Å²) in [6, 6.07) is 7.17. The van der Waals surface area contributed by atoms with Crippen molar-refractivity contribution in [3.63, 3.8) is 0 Å². The number of rotatable bonds is 6. The fourth-order valence-electron chi connectivity index (χ4n) is 1.24. The molecule has 0 saturated heterocycles. The Balaban J connectivity index is 2.43. The van der Waals surface area contributed by atoms with Crippen LogP contribution in [0.3, 0.4) is 0 Å². The molecule has 0 bridgehead atoms. The predicted octanol–water partition coefficient (Wildman–Crippen LogP) is 1.94. The van der Waals surface area contributed by atoms with Gasteiger partial charge in [-0.15, -0.1) is 0 Å². The van der Waals surface area contributed by atoms with Gasteiger partial charge in [-0.1, -0.05) is 24.3 Å². The van der Waals surface area contributed by atoms with E-state index in [9.17, 15) is 9.59 Å². The molecule has 0 saturated carbocycles. The third kappa shape index (κ3) is 6.07. The van der Waals surface area contributed by atoms with Gasteiger partial charge in [-0.2, -0.15) is 0 Å². The first kappa shape index (κ1) is 14.5. The van der Waals surface area contributed by atoms with Gasteiger partial charge in [0.1, 0.15) is 12.4 Å². The van der Waals surface area contributed by atoms with Crippen LogP contribution in [-0.2, 0) is 20.9 Å². The number of carboxylic acid groups (broad SMARTS) is 1. The molecule has 1 aromatic rings. The molecule has 0 aromatic heterocycles. The summed E-state index contributed by atoms with van der Waals surface area (Å²) in [4.78, 5) is 21.5. The zero-order chi connectivity index (χ0) is 14.1. The molecule has 0 aliphatic heterocycles. The van der Waals surface area contributed by atoms with Crippen LogP contribution in [0.4, 0.5) is 0 Å². The summed E-state index contributed by atoms with van der Waals surface area (Å²) in [7, 11) is 1.56. The quantitative estimate of drug-likeness (QED) is 0.482. The first-order valence-corrected chi connectivity index (χ1v) is 5.49. The number of hydrogen-bond acceptors (Lipinski definition) is 4. The van der Waals surface area contributed by atoms with Gasteiger partial charge in [-0.25, -0.2) is 9.59 Å². The molecule has 1 rings (SSSR count). The number of ether oxygens (including phenoxy) is 2. The number of allylic oxidation sites excluding steroid dienone is 2. The molecule has 0 heterocycles. The van der Waals surface area contributed by atoms with E-state index in [0.717, 1.165) is 17.7 Å². The van der Waals surface area contributed by atoms with Gasteiger partial charge in [0, 0.05) is 12.2 Å². The highest BCUT2D eigenvalue weighted by Gasteiger charge is 1.99. The average Bonchev–Trinajstić information content (AvgIpc) is 2.41. The highest BCUT2D eigenvalue weighted by Crippen LogP contribution is 2.13. The molecule has 0 radical (unpaired) electrons. The van der Waals surface area contributed by atoms with Crippen molar-refractivity contribution in [3.05, 3.63) is 54.1 Å². The van der Waals surface area contributed by atoms with Gasteiger partial charge in [-0.3, -0.25) is 0 Å². The third-order valence-electron chi connectivity index (χ3n) is 2.10. The van der Waals surface area contributed by atoms with E-state index in [1.54, 1.807) is 25.3 Å². The topological polar surface area (TPSA) is 72.8 Å². The van der Waals surface area contributed by atoms with Crippen molar-refractivity contribution in [2.75, 3.05) is 7.11 Å². The maximum absolute atomic E-state index is 11.3. The Morgan fingerprint density at radius 3 is 2.68 bits per heavy atom. The highest BCUT2D eigenvalue weighted by molar-refractivity contribution is 5.83. The van der Waals surface area contributed by atoms with Crippen LogP contribution in [0.2, 0.25) is 0 Å². The molecule has 0 atom stereocenters. The summed E-state index contributed by atoms with van der Waals surface area (Å²) in [5.41, 5.74) is 0.808. The first-order valence-electron chi connectivity index (χ1n) is 5.49. The number of carbonyl (C=O) groups is 2. The minimum atomic E-state index is -1.07. The lowest BCUT2D eigenvalue weighted by Crippen LogP contribution is -2.00. The summed E-state index contributed by atoms with van der Waals surface area (Å²) >= 11 is 0. The zero-order valence-electron chi connectivity index (χ0n) is 10.4. The van der Waals surface area contributed by atoms with E-state index < -0.39 is 11.9 Å². The van der Waals surface area contributed by atoms with Crippen LogP contribution in [0.1, 0.15) is 5.56 Å².